The number of rotatable bonds is 8. The molecular weight excluding hydrogens is 434 g/mol. The summed E-state index contributed by atoms with van der Waals surface area (Å²) in [6.45, 7) is 2.73. The molecule has 2 aromatic carbocycles. The molecule has 0 saturated heterocycles. The molecule has 0 aliphatic heterocycles. The van der Waals surface area contributed by atoms with Gasteiger partial charge in [-0.3, -0.25) is 4.79 Å². The Balaban J connectivity index is 1.55. The molecule has 0 radical (unpaired) electrons. The van der Waals surface area contributed by atoms with Gasteiger partial charge in [0.25, 0.3) is 0 Å². The van der Waals surface area contributed by atoms with Gasteiger partial charge in [0, 0.05) is 17.5 Å². The van der Waals surface area contributed by atoms with Crippen molar-refractivity contribution in [3.63, 3.8) is 0 Å². The van der Waals surface area contributed by atoms with Crippen molar-refractivity contribution >= 4 is 51.7 Å². The van der Waals surface area contributed by atoms with Crippen molar-refractivity contribution in [2.24, 2.45) is 0 Å². The Morgan fingerprint density at radius 2 is 1.77 bits per heavy atom. The van der Waals surface area contributed by atoms with Crippen molar-refractivity contribution < 1.29 is 4.79 Å². The molecule has 0 saturated carbocycles. The lowest BCUT2D eigenvalue weighted by molar-refractivity contribution is -0.118. The van der Waals surface area contributed by atoms with Gasteiger partial charge in [0.05, 0.1) is 11.3 Å². The van der Waals surface area contributed by atoms with Crippen LogP contribution in [0.2, 0.25) is 0 Å². The summed E-state index contributed by atoms with van der Waals surface area (Å²) in [7, 11) is 0. The number of benzene rings is 2. The fourth-order valence-corrected chi connectivity index (χ4v) is 5.54. The van der Waals surface area contributed by atoms with Crippen molar-refractivity contribution in [2.75, 3.05) is 12.3 Å². The van der Waals surface area contributed by atoms with Gasteiger partial charge >= 0.3 is 0 Å². The zero-order chi connectivity index (χ0) is 20.8. The average Bonchev–Trinajstić information content (AvgIpc) is 3.24. The van der Waals surface area contributed by atoms with E-state index in [0.717, 1.165) is 36.6 Å². The number of para-hydroxylation sites is 1. The normalized spacial score (nSPS) is 11.0. The van der Waals surface area contributed by atoms with Gasteiger partial charge in [-0.15, -0.1) is 10.2 Å². The van der Waals surface area contributed by atoms with Crippen molar-refractivity contribution in [1.82, 2.24) is 25.5 Å². The van der Waals surface area contributed by atoms with E-state index in [9.17, 15) is 4.79 Å². The van der Waals surface area contributed by atoms with Crippen LogP contribution < -0.4 is 5.32 Å². The predicted octanol–water partition coefficient (Wildman–Crippen LogP) is 4.92. The molecule has 0 fully saturated rings. The van der Waals surface area contributed by atoms with E-state index in [1.807, 2.05) is 61.5 Å². The zero-order valence-electron chi connectivity index (χ0n) is 16.2. The molecule has 152 valence electrons. The average molecular weight is 454 g/mol. The van der Waals surface area contributed by atoms with Crippen LogP contribution in [0.5, 0.6) is 0 Å². The highest BCUT2D eigenvalue weighted by molar-refractivity contribution is 8.03. The van der Waals surface area contributed by atoms with E-state index in [0.29, 0.717) is 18.1 Å². The van der Waals surface area contributed by atoms with E-state index in [4.69, 9.17) is 9.97 Å². The number of hydrogen-bond acceptors (Lipinski definition) is 8. The fourth-order valence-electron chi connectivity index (χ4n) is 2.66. The summed E-state index contributed by atoms with van der Waals surface area (Å²) < 4.78 is 1.56. The standard InChI is InChI=1S/C21H19N5OS3/c1-2-12-22-17(27)13-28-20-25-26-21(30-20)29-19-15-10-6-7-11-16(15)23-18(24-19)14-8-4-3-5-9-14/h3-11H,2,12-13H2,1H3,(H,22,27). The maximum Gasteiger partial charge on any atom is 0.230 e. The van der Waals surface area contributed by atoms with E-state index in [-0.39, 0.29) is 5.91 Å². The quantitative estimate of drug-likeness (QED) is 0.300. The summed E-state index contributed by atoms with van der Waals surface area (Å²) in [6, 6.07) is 17.9. The summed E-state index contributed by atoms with van der Waals surface area (Å²) >= 11 is 4.34. The smallest absolute Gasteiger partial charge is 0.230 e. The van der Waals surface area contributed by atoms with E-state index < -0.39 is 0 Å². The molecule has 2 aromatic heterocycles. The molecule has 0 unspecified atom stereocenters. The number of thioether (sulfide) groups is 1. The summed E-state index contributed by atoms with van der Waals surface area (Å²) in [5, 5.41) is 13.2. The highest BCUT2D eigenvalue weighted by atomic mass is 32.2. The Morgan fingerprint density at radius 1 is 1.00 bits per heavy atom. The first-order valence-corrected chi connectivity index (χ1v) is 12.1. The number of fused-ring (bicyclic) bond motifs is 1. The molecule has 0 bridgehead atoms. The molecule has 1 N–H and O–H groups in total. The minimum atomic E-state index is 0.0144. The number of carbonyl (C=O) groups excluding carboxylic acids is 1. The maximum atomic E-state index is 11.8. The molecular formula is C21H19N5OS3. The number of nitrogens with one attached hydrogen (secondary N) is 1. The van der Waals surface area contributed by atoms with Gasteiger partial charge in [0.1, 0.15) is 5.03 Å². The van der Waals surface area contributed by atoms with Gasteiger partial charge in [-0.1, -0.05) is 78.6 Å². The van der Waals surface area contributed by atoms with Crippen LogP contribution >= 0.6 is 34.9 Å². The summed E-state index contributed by atoms with van der Waals surface area (Å²) in [5.74, 6) is 1.04. The number of nitrogens with zero attached hydrogens (tertiary/aromatic N) is 4. The van der Waals surface area contributed by atoms with Gasteiger partial charge in [-0.05, 0) is 24.2 Å². The van der Waals surface area contributed by atoms with E-state index in [1.54, 1.807) is 0 Å². The van der Waals surface area contributed by atoms with Crippen LogP contribution in [0.1, 0.15) is 13.3 Å². The van der Waals surface area contributed by atoms with Crippen molar-refractivity contribution in [1.29, 1.82) is 0 Å². The second-order valence-electron chi connectivity index (χ2n) is 6.31. The number of carbonyl (C=O) groups is 1. The Labute approximate surface area is 186 Å². The second-order valence-corrected chi connectivity index (χ2v) is 9.75. The summed E-state index contributed by atoms with van der Waals surface area (Å²) in [6.07, 6.45) is 0.924. The third-order valence-electron chi connectivity index (χ3n) is 4.07. The molecule has 2 heterocycles. The first kappa shape index (κ1) is 20.8. The molecule has 9 heteroatoms. The Hall–Kier alpha value is -2.49. The van der Waals surface area contributed by atoms with Crippen LogP contribution in [-0.2, 0) is 4.79 Å². The van der Waals surface area contributed by atoms with Gasteiger partial charge in [0.2, 0.25) is 5.91 Å². The second kappa shape index (κ2) is 10.0. The third kappa shape index (κ3) is 5.16. The van der Waals surface area contributed by atoms with Crippen molar-refractivity contribution in [3.8, 4) is 11.4 Å². The van der Waals surface area contributed by atoms with Gasteiger partial charge < -0.3 is 5.32 Å². The lowest BCUT2D eigenvalue weighted by Crippen LogP contribution is -2.25. The predicted molar refractivity (Wildman–Crippen MR) is 123 cm³/mol. The summed E-state index contributed by atoms with van der Waals surface area (Å²) in [4.78, 5) is 21.3. The van der Waals surface area contributed by atoms with Crippen LogP contribution in [-0.4, -0.2) is 38.4 Å². The fraction of sp³-hybridized carbons (Fsp3) is 0.190. The largest absolute Gasteiger partial charge is 0.355 e. The zero-order valence-corrected chi connectivity index (χ0v) is 18.7. The molecule has 0 spiro atoms. The number of hydrogen-bond donors (Lipinski definition) is 1. The first-order chi connectivity index (χ1) is 14.7. The molecule has 4 rings (SSSR count). The maximum absolute atomic E-state index is 11.8. The van der Waals surface area contributed by atoms with E-state index in [2.05, 4.69) is 15.5 Å². The van der Waals surface area contributed by atoms with E-state index in [1.165, 1.54) is 34.9 Å². The van der Waals surface area contributed by atoms with Crippen LogP contribution in [0, 0.1) is 0 Å². The highest BCUT2D eigenvalue weighted by Crippen LogP contribution is 2.36. The lowest BCUT2D eigenvalue weighted by atomic mass is 10.2. The molecule has 6 nitrogen and oxygen atoms in total. The van der Waals surface area contributed by atoms with Crippen molar-refractivity contribution in [3.05, 3.63) is 54.6 Å². The van der Waals surface area contributed by atoms with Crippen molar-refractivity contribution in [2.45, 2.75) is 27.0 Å². The van der Waals surface area contributed by atoms with Crippen LogP contribution in [0.3, 0.4) is 0 Å². The van der Waals surface area contributed by atoms with Gasteiger partial charge in [0.15, 0.2) is 14.5 Å². The van der Waals surface area contributed by atoms with E-state index >= 15 is 0 Å². The molecule has 0 aliphatic rings. The SMILES string of the molecule is CCCNC(=O)CSc1nnc(Sc2nc(-c3ccccc3)nc3ccccc23)s1. The number of amides is 1. The Kier molecular flexibility index (Phi) is 6.93. The molecule has 4 aromatic rings. The third-order valence-corrected chi connectivity index (χ3v) is 7.18. The molecule has 0 aliphatic carbocycles. The van der Waals surface area contributed by atoms with Crippen LogP contribution in [0.25, 0.3) is 22.3 Å². The minimum Gasteiger partial charge on any atom is -0.355 e. The summed E-state index contributed by atoms with van der Waals surface area (Å²) in [5.41, 5.74) is 1.86. The lowest BCUT2D eigenvalue weighted by Gasteiger charge is -2.07. The molecule has 0 atom stereocenters. The topological polar surface area (TPSA) is 80.7 Å². The van der Waals surface area contributed by atoms with Gasteiger partial charge in [-0.25, -0.2) is 9.97 Å². The molecule has 30 heavy (non-hydrogen) atoms. The number of aromatic nitrogens is 4. The Morgan fingerprint density at radius 3 is 2.60 bits per heavy atom. The van der Waals surface area contributed by atoms with Crippen LogP contribution in [0.4, 0.5) is 0 Å². The highest BCUT2D eigenvalue weighted by Gasteiger charge is 2.14. The first-order valence-electron chi connectivity index (χ1n) is 9.46. The van der Waals surface area contributed by atoms with Crippen LogP contribution in [0.15, 0.2) is 68.3 Å². The monoisotopic (exact) mass is 453 g/mol. The Bertz CT molecular complexity index is 1150. The molecule has 1 amide bonds. The van der Waals surface area contributed by atoms with Gasteiger partial charge in [-0.2, -0.15) is 0 Å². The minimum absolute atomic E-state index is 0.0144.